The smallest absolute Gasteiger partial charge is 0.335 e. The predicted octanol–water partition coefficient (Wildman–Crippen LogP) is 2.10. The molecule has 4 N–H and O–H groups in total. The van der Waals surface area contributed by atoms with Crippen molar-refractivity contribution < 1.29 is 14.7 Å². The molecule has 0 aliphatic carbocycles. The summed E-state index contributed by atoms with van der Waals surface area (Å²) in [5.74, 6) is -1.27. The van der Waals surface area contributed by atoms with E-state index in [1.807, 2.05) is 6.07 Å². The Labute approximate surface area is 116 Å². The highest BCUT2D eigenvalue weighted by Crippen LogP contribution is 2.14. The molecule has 0 aliphatic rings. The van der Waals surface area contributed by atoms with Gasteiger partial charge < -0.3 is 16.2 Å². The highest BCUT2D eigenvalue weighted by Gasteiger charge is 2.10. The highest BCUT2D eigenvalue weighted by molar-refractivity contribution is 6.05. The van der Waals surface area contributed by atoms with Gasteiger partial charge in [0.15, 0.2) is 0 Å². The predicted molar refractivity (Wildman–Crippen MR) is 75.7 cm³/mol. The van der Waals surface area contributed by atoms with Crippen molar-refractivity contribution in [3.63, 3.8) is 0 Å². The quantitative estimate of drug-likeness (QED) is 0.793. The molecule has 5 nitrogen and oxygen atoms in total. The molecule has 5 heteroatoms. The summed E-state index contributed by atoms with van der Waals surface area (Å²) in [7, 11) is 0. The van der Waals surface area contributed by atoms with Gasteiger partial charge in [-0.25, -0.2) is 4.79 Å². The molecule has 20 heavy (non-hydrogen) atoms. The van der Waals surface area contributed by atoms with Crippen molar-refractivity contribution in [3.05, 3.63) is 65.2 Å². The van der Waals surface area contributed by atoms with Crippen molar-refractivity contribution in [2.24, 2.45) is 5.73 Å². The van der Waals surface area contributed by atoms with Gasteiger partial charge in [0.2, 0.25) is 0 Å². The van der Waals surface area contributed by atoms with Crippen molar-refractivity contribution >= 4 is 17.6 Å². The molecule has 102 valence electrons. The number of rotatable bonds is 4. The minimum absolute atomic E-state index is 0.172. The second-order valence-electron chi connectivity index (χ2n) is 4.20. The van der Waals surface area contributed by atoms with Gasteiger partial charge in [0.25, 0.3) is 5.91 Å². The molecule has 0 radical (unpaired) electrons. The number of carboxylic acid groups (broad SMARTS) is 1. The molecule has 0 aliphatic heterocycles. The minimum atomic E-state index is -1.00. The minimum Gasteiger partial charge on any atom is -0.478 e. The molecule has 2 aromatic rings. The van der Waals surface area contributed by atoms with Gasteiger partial charge in [0, 0.05) is 17.8 Å². The zero-order valence-electron chi connectivity index (χ0n) is 10.7. The SMILES string of the molecule is NCc1ccccc1C(=O)Nc1ccc(C(=O)O)cc1. The maximum absolute atomic E-state index is 12.1. The Kier molecular flexibility index (Phi) is 4.12. The van der Waals surface area contributed by atoms with Crippen molar-refractivity contribution in [1.29, 1.82) is 0 Å². The zero-order chi connectivity index (χ0) is 14.5. The number of nitrogens with one attached hydrogen (secondary N) is 1. The van der Waals surface area contributed by atoms with E-state index >= 15 is 0 Å². The van der Waals surface area contributed by atoms with Gasteiger partial charge in [-0.1, -0.05) is 18.2 Å². The topological polar surface area (TPSA) is 92.4 Å². The number of carboxylic acids is 1. The fraction of sp³-hybridized carbons (Fsp3) is 0.0667. The first-order valence-corrected chi connectivity index (χ1v) is 6.04. The maximum atomic E-state index is 12.1. The lowest BCUT2D eigenvalue weighted by Gasteiger charge is -2.09. The zero-order valence-corrected chi connectivity index (χ0v) is 10.7. The molecular formula is C15H14N2O3. The van der Waals surface area contributed by atoms with Gasteiger partial charge in [-0.15, -0.1) is 0 Å². The molecule has 0 fully saturated rings. The molecule has 0 bridgehead atoms. The first-order chi connectivity index (χ1) is 9.61. The number of hydrogen-bond donors (Lipinski definition) is 3. The van der Waals surface area contributed by atoms with Crippen LogP contribution >= 0.6 is 0 Å². The molecule has 0 saturated carbocycles. The van der Waals surface area contributed by atoms with Crippen LogP contribution in [-0.2, 0) is 6.54 Å². The summed E-state index contributed by atoms with van der Waals surface area (Å²) in [6.07, 6.45) is 0. The molecule has 0 aromatic heterocycles. The van der Waals surface area contributed by atoms with Crippen LogP contribution in [0.3, 0.4) is 0 Å². The summed E-state index contributed by atoms with van der Waals surface area (Å²) in [6, 6.07) is 13.0. The Morgan fingerprint density at radius 2 is 1.70 bits per heavy atom. The first-order valence-electron chi connectivity index (χ1n) is 6.04. The number of hydrogen-bond acceptors (Lipinski definition) is 3. The van der Waals surface area contributed by atoms with Crippen LogP contribution in [0.25, 0.3) is 0 Å². The van der Waals surface area contributed by atoms with Crippen molar-refractivity contribution in [2.45, 2.75) is 6.54 Å². The lowest BCUT2D eigenvalue weighted by molar-refractivity contribution is 0.0696. The van der Waals surface area contributed by atoms with Crippen LogP contribution in [0, 0.1) is 0 Å². The average Bonchev–Trinajstić information content (AvgIpc) is 2.47. The van der Waals surface area contributed by atoms with Gasteiger partial charge in [-0.2, -0.15) is 0 Å². The molecule has 0 saturated heterocycles. The summed E-state index contributed by atoms with van der Waals surface area (Å²) < 4.78 is 0. The number of benzene rings is 2. The summed E-state index contributed by atoms with van der Waals surface area (Å²) in [5.41, 5.74) is 7.56. The normalized spacial score (nSPS) is 10.1. The number of amides is 1. The molecule has 2 rings (SSSR count). The molecule has 1 amide bonds. The van der Waals surface area contributed by atoms with E-state index in [0.29, 0.717) is 11.3 Å². The Hall–Kier alpha value is -2.66. The lowest BCUT2D eigenvalue weighted by Crippen LogP contribution is -2.15. The fourth-order valence-corrected chi connectivity index (χ4v) is 1.81. The van der Waals surface area contributed by atoms with E-state index in [1.54, 1.807) is 30.3 Å². The molecule has 0 atom stereocenters. The molecule has 0 unspecified atom stereocenters. The van der Waals surface area contributed by atoms with Crippen LogP contribution in [0.1, 0.15) is 26.3 Å². The average molecular weight is 270 g/mol. The summed E-state index contributed by atoms with van der Waals surface area (Å²) in [4.78, 5) is 22.9. The molecule has 2 aromatic carbocycles. The molecule has 0 spiro atoms. The van der Waals surface area contributed by atoms with Crippen LogP contribution < -0.4 is 11.1 Å². The van der Waals surface area contributed by atoms with E-state index in [9.17, 15) is 9.59 Å². The van der Waals surface area contributed by atoms with Crippen LogP contribution in [0.2, 0.25) is 0 Å². The van der Waals surface area contributed by atoms with E-state index in [0.717, 1.165) is 5.56 Å². The first kappa shape index (κ1) is 13.8. The summed E-state index contributed by atoms with van der Waals surface area (Å²) >= 11 is 0. The molecular weight excluding hydrogens is 256 g/mol. The number of carbonyl (C=O) groups is 2. The Morgan fingerprint density at radius 1 is 1.05 bits per heavy atom. The standard InChI is InChI=1S/C15H14N2O3/c16-9-11-3-1-2-4-13(11)14(18)17-12-7-5-10(6-8-12)15(19)20/h1-8H,9,16H2,(H,17,18)(H,19,20). The third-order valence-corrected chi connectivity index (χ3v) is 2.87. The van der Waals surface area contributed by atoms with Gasteiger partial charge >= 0.3 is 5.97 Å². The summed E-state index contributed by atoms with van der Waals surface area (Å²) in [6.45, 7) is 0.279. The van der Waals surface area contributed by atoms with E-state index < -0.39 is 5.97 Å². The van der Waals surface area contributed by atoms with Crippen molar-refractivity contribution in [3.8, 4) is 0 Å². The second kappa shape index (κ2) is 5.99. The number of carbonyl (C=O) groups excluding carboxylic acids is 1. The Balaban J connectivity index is 2.17. The Morgan fingerprint density at radius 3 is 2.30 bits per heavy atom. The van der Waals surface area contributed by atoms with E-state index in [1.165, 1.54) is 12.1 Å². The Bertz CT molecular complexity index is 636. The fourth-order valence-electron chi connectivity index (χ4n) is 1.81. The van der Waals surface area contributed by atoms with Gasteiger partial charge in [-0.3, -0.25) is 4.79 Å². The van der Waals surface area contributed by atoms with E-state index in [-0.39, 0.29) is 18.0 Å². The highest BCUT2D eigenvalue weighted by atomic mass is 16.4. The number of aromatic carboxylic acids is 1. The largest absolute Gasteiger partial charge is 0.478 e. The van der Waals surface area contributed by atoms with Crippen LogP contribution in [-0.4, -0.2) is 17.0 Å². The van der Waals surface area contributed by atoms with E-state index in [4.69, 9.17) is 10.8 Å². The van der Waals surface area contributed by atoms with Gasteiger partial charge in [0.1, 0.15) is 0 Å². The van der Waals surface area contributed by atoms with Gasteiger partial charge in [-0.05, 0) is 35.9 Å². The lowest BCUT2D eigenvalue weighted by atomic mass is 10.1. The van der Waals surface area contributed by atoms with Gasteiger partial charge in [0.05, 0.1) is 5.56 Å². The van der Waals surface area contributed by atoms with Crippen LogP contribution in [0.15, 0.2) is 48.5 Å². The van der Waals surface area contributed by atoms with Crippen LogP contribution in [0.4, 0.5) is 5.69 Å². The molecule has 0 heterocycles. The summed E-state index contributed by atoms with van der Waals surface area (Å²) in [5, 5.41) is 11.5. The van der Waals surface area contributed by atoms with Crippen LogP contribution in [0.5, 0.6) is 0 Å². The monoisotopic (exact) mass is 270 g/mol. The van der Waals surface area contributed by atoms with E-state index in [2.05, 4.69) is 5.32 Å². The third kappa shape index (κ3) is 3.02. The number of anilines is 1. The maximum Gasteiger partial charge on any atom is 0.335 e. The second-order valence-corrected chi connectivity index (χ2v) is 4.20. The van der Waals surface area contributed by atoms with Crippen molar-refractivity contribution in [2.75, 3.05) is 5.32 Å². The number of nitrogens with two attached hydrogens (primary N) is 1. The third-order valence-electron chi connectivity index (χ3n) is 2.87. The van der Waals surface area contributed by atoms with Crippen molar-refractivity contribution in [1.82, 2.24) is 0 Å².